The molecule has 21 heavy (non-hydrogen) atoms. The van der Waals surface area contributed by atoms with Gasteiger partial charge in [0.15, 0.2) is 0 Å². The van der Waals surface area contributed by atoms with Crippen molar-refractivity contribution in [2.45, 2.75) is 45.7 Å². The number of nitrogens with one attached hydrogen (secondary N) is 2. The zero-order valence-electron chi connectivity index (χ0n) is 12.5. The fraction of sp³-hybridized carbons (Fsp3) is 0.571. The Balaban J connectivity index is 2.30. The molecule has 1 aromatic heterocycles. The van der Waals surface area contributed by atoms with Gasteiger partial charge in [-0.05, 0) is 25.7 Å². The lowest BCUT2D eigenvalue weighted by molar-refractivity contribution is 0.0955. The van der Waals surface area contributed by atoms with Crippen LogP contribution in [-0.4, -0.2) is 23.9 Å². The lowest BCUT2D eigenvalue weighted by atomic mass is 10.1. The summed E-state index contributed by atoms with van der Waals surface area (Å²) >= 11 is 1.19. The van der Waals surface area contributed by atoms with Crippen LogP contribution < -0.4 is 22.1 Å². The Kier molecular flexibility index (Phi) is 4.41. The molecule has 0 bridgehead atoms. The van der Waals surface area contributed by atoms with Crippen LogP contribution in [-0.2, 0) is 0 Å². The van der Waals surface area contributed by atoms with E-state index >= 15 is 0 Å². The molecule has 1 aromatic rings. The monoisotopic (exact) mass is 310 g/mol. The van der Waals surface area contributed by atoms with Crippen LogP contribution in [0.4, 0.5) is 10.7 Å². The van der Waals surface area contributed by atoms with E-state index in [0.717, 1.165) is 12.8 Å². The predicted molar refractivity (Wildman–Crippen MR) is 85.7 cm³/mol. The highest BCUT2D eigenvalue weighted by Crippen LogP contribution is 2.36. The van der Waals surface area contributed by atoms with E-state index in [1.165, 1.54) is 11.3 Å². The Morgan fingerprint density at radius 3 is 2.38 bits per heavy atom. The number of primary amides is 1. The Hall–Kier alpha value is -1.76. The smallest absolute Gasteiger partial charge is 0.263 e. The number of carbonyl (C=O) groups excluding carboxylic acids is 2. The molecule has 0 radical (unpaired) electrons. The van der Waals surface area contributed by atoms with E-state index in [0.29, 0.717) is 15.8 Å². The predicted octanol–water partition coefficient (Wildman–Crippen LogP) is 1.78. The Morgan fingerprint density at radius 2 is 1.90 bits per heavy atom. The van der Waals surface area contributed by atoms with E-state index in [9.17, 15) is 9.59 Å². The minimum Gasteiger partial charge on any atom is -0.397 e. The summed E-state index contributed by atoms with van der Waals surface area (Å²) in [5.41, 5.74) is 11.8. The van der Waals surface area contributed by atoms with Gasteiger partial charge in [-0.2, -0.15) is 0 Å². The number of nitrogen functional groups attached to an aromatic ring is 1. The zero-order chi connectivity index (χ0) is 15.7. The third-order valence-electron chi connectivity index (χ3n) is 3.67. The molecule has 6 N–H and O–H groups in total. The van der Waals surface area contributed by atoms with Gasteiger partial charge >= 0.3 is 0 Å². The van der Waals surface area contributed by atoms with E-state index < -0.39 is 5.91 Å². The van der Waals surface area contributed by atoms with Gasteiger partial charge in [-0.25, -0.2) is 0 Å². The van der Waals surface area contributed by atoms with Crippen molar-refractivity contribution in [2.24, 2.45) is 11.7 Å². The molecule has 0 aromatic carbocycles. The molecule has 1 aliphatic carbocycles. The summed E-state index contributed by atoms with van der Waals surface area (Å²) < 4.78 is 0. The standard InChI is InChI=1S/C14H22N4O2S/c1-6(2)7(3)17-14-9(12(16)19)10(15)11(21-14)13(20)18-8-4-5-8/h6-8,17H,4-5,15H2,1-3H3,(H2,16,19)(H,18,20). The first kappa shape index (κ1) is 15.6. The SMILES string of the molecule is CC(C)C(C)Nc1sc(C(=O)NC2CC2)c(N)c1C(N)=O. The first-order valence-corrected chi connectivity index (χ1v) is 7.92. The van der Waals surface area contributed by atoms with Gasteiger partial charge in [-0.3, -0.25) is 9.59 Å². The Labute approximate surface area is 128 Å². The minimum atomic E-state index is -0.618. The van der Waals surface area contributed by atoms with Gasteiger partial charge in [0.05, 0.1) is 11.3 Å². The highest BCUT2D eigenvalue weighted by molar-refractivity contribution is 7.19. The van der Waals surface area contributed by atoms with Crippen molar-refractivity contribution >= 4 is 33.8 Å². The zero-order valence-corrected chi connectivity index (χ0v) is 13.3. The number of hydrogen-bond donors (Lipinski definition) is 4. The molecule has 0 saturated heterocycles. The number of rotatable bonds is 6. The van der Waals surface area contributed by atoms with Crippen molar-refractivity contribution in [3.63, 3.8) is 0 Å². The van der Waals surface area contributed by atoms with Gasteiger partial charge in [0.25, 0.3) is 11.8 Å². The Bertz CT molecular complexity index is 564. The van der Waals surface area contributed by atoms with Crippen molar-refractivity contribution in [1.29, 1.82) is 0 Å². The Morgan fingerprint density at radius 1 is 1.29 bits per heavy atom. The van der Waals surface area contributed by atoms with E-state index in [4.69, 9.17) is 11.5 Å². The van der Waals surface area contributed by atoms with Crippen LogP contribution in [0.1, 0.15) is 53.6 Å². The molecule has 1 atom stereocenters. The third kappa shape index (κ3) is 3.47. The number of thiophene rings is 1. The van der Waals surface area contributed by atoms with Crippen LogP contribution in [0, 0.1) is 5.92 Å². The second-order valence-electron chi connectivity index (χ2n) is 5.84. The lowest BCUT2D eigenvalue weighted by Crippen LogP contribution is -2.25. The summed E-state index contributed by atoms with van der Waals surface area (Å²) in [6.07, 6.45) is 1.99. The van der Waals surface area contributed by atoms with Crippen LogP contribution >= 0.6 is 11.3 Å². The van der Waals surface area contributed by atoms with Crippen molar-refractivity contribution in [3.8, 4) is 0 Å². The van der Waals surface area contributed by atoms with Crippen LogP contribution in [0.15, 0.2) is 0 Å². The van der Waals surface area contributed by atoms with E-state index in [-0.39, 0.29) is 29.2 Å². The third-order valence-corrected chi connectivity index (χ3v) is 4.80. The average molecular weight is 310 g/mol. The number of carbonyl (C=O) groups is 2. The van der Waals surface area contributed by atoms with Crippen LogP contribution in [0.5, 0.6) is 0 Å². The molecule has 2 amide bonds. The largest absolute Gasteiger partial charge is 0.397 e. The fourth-order valence-electron chi connectivity index (χ4n) is 1.81. The summed E-state index contributed by atoms with van der Waals surface area (Å²) in [5.74, 6) is -0.474. The number of anilines is 2. The molecule has 1 heterocycles. The molecule has 1 unspecified atom stereocenters. The molecule has 2 rings (SSSR count). The second kappa shape index (κ2) is 5.93. The van der Waals surface area contributed by atoms with Gasteiger partial charge in [0.2, 0.25) is 0 Å². The highest BCUT2D eigenvalue weighted by Gasteiger charge is 2.29. The molecule has 1 saturated carbocycles. The quantitative estimate of drug-likeness (QED) is 0.642. The lowest BCUT2D eigenvalue weighted by Gasteiger charge is -2.18. The molecular formula is C14H22N4O2S. The first-order valence-electron chi connectivity index (χ1n) is 7.10. The fourth-order valence-corrected chi connectivity index (χ4v) is 2.94. The van der Waals surface area contributed by atoms with Crippen LogP contribution in [0.25, 0.3) is 0 Å². The number of nitrogens with two attached hydrogens (primary N) is 2. The average Bonchev–Trinajstić information content (AvgIpc) is 3.12. The van der Waals surface area contributed by atoms with Crippen LogP contribution in [0.3, 0.4) is 0 Å². The summed E-state index contributed by atoms with van der Waals surface area (Å²) in [4.78, 5) is 24.2. The number of amides is 2. The normalized spacial score (nSPS) is 15.8. The highest BCUT2D eigenvalue weighted by atomic mass is 32.1. The molecule has 6 nitrogen and oxygen atoms in total. The summed E-state index contributed by atoms with van der Waals surface area (Å²) in [5, 5.41) is 6.68. The van der Waals surface area contributed by atoms with Crippen molar-refractivity contribution < 1.29 is 9.59 Å². The minimum absolute atomic E-state index is 0.139. The van der Waals surface area contributed by atoms with Gasteiger partial charge in [-0.1, -0.05) is 13.8 Å². The first-order chi connectivity index (χ1) is 9.81. The molecule has 116 valence electrons. The second-order valence-corrected chi connectivity index (χ2v) is 6.86. The molecular weight excluding hydrogens is 288 g/mol. The maximum absolute atomic E-state index is 12.2. The van der Waals surface area contributed by atoms with Gasteiger partial charge in [0.1, 0.15) is 9.88 Å². The van der Waals surface area contributed by atoms with Gasteiger partial charge in [0, 0.05) is 12.1 Å². The summed E-state index contributed by atoms with van der Waals surface area (Å²) in [6, 6.07) is 0.377. The molecule has 7 heteroatoms. The molecule has 0 aliphatic heterocycles. The van der Waals surface area contributed by atoms with Crippen molar-refractivity contribution in [3.05, 3.63) is 10.4 Å². The molecule has 1 aliphatic rings. The maximum Gasteiger partial charge on any atom is 0.263 e. The van der Waals surface area contributed by atoms with E-state index in [1.54, 1.807) is 0 Å². The van der Waals surface area contributed by atoms with E-state index in [2.05, 4.69) is 24.5 Å². The van der Waals surface area contributed by atoms with Gasteiger partial charge < -0.3 is 22.1 Å². The summed E-state index contributed by atoms with van der Waals surface area (Å²) in [6.45, 7) is 6.15. The van der Waals surface area contributed by atoms with Crippen molar-refractivity contribution in [2.75, 3.05) is 11.1 Å². The van der Waals surface area contributed by atoms with Gasteiger partial charge in [-0.15, -0.1) is 11.3 Å². The van der Waals surface area contributed by atoms with Crippen LogP contribution in [0.2, 0.25) is 0 Å². The van der Waals surface area contributed by atoms with Crippen molar-refractivity contribution in [1.82, 2.24) is 5.32 Å². The molecule has 1 fully saturated rings. The maximum atomic E-state index is 12.2. The summed E-state index contributed by atoms with van der Waals surface area (Å²) in [7, 11) is 0. The number of hydrogen-bond acceptors (Lipinski definition) is 5. The topological polar surface area (TPSA) is 110 Å². The molecule has 0 spiro atoms. The van der Waals surface area contributed by atoms with E-state index in [1.807, 2.05) is 6.92 Å².